The van der Waals surface area contributed by atoms with E-state index in [2.05, 4.69) is 5.16 Å². The standard InChI is InChI=1S/C42H76N2O14/c1-17-30-42(12,49)35(46)24(5)32(43-52-18-2)22(3)20-41(11,51-16)37(58-39-34(55-28(9)45)29(44(13)14)19-23(4)53-39)25(6)33(26(7)38(48)56-30)57-31-21-40(10,50-15)36(47)27(8)54-31/h22-27,29-31,33-37,39,46-47,49H,17-21H2,1-16H3/b43-32+/t22-,23-,24+,25+,26-,27+,29+,30-,31?,33+,34-,35-,36+,37-,39?,40-,41-,42-/m1/s1. The van der Waals surface area contributed by atoms with Gasteiger partial charge >= 0.3 is 11.9 Å². The number of methoxy groups -OCH3 is 2. The molecular formula is C42H76N2O14. The van der Waals surface area contributed by atoms with Gasteiger partial charge in [0.25, 0.3) is 0 Å². The van der Waals surface area contributed by atoms with E-state index in [1.807, 2.05) is 46.7 Å². The third-order valence-corrected chi connectivity index (χ3v) is 12.9. The quantitative estimate of drug-likeness (QED) is 0.201. The minimum atomic E-state index is -1.90. The average Bonchev–Trinajstić information content (AvgIpc) is 3.15. The smallest absolute Gasteiger partial charge is 0.311 e. The Bertz CT molecular complexity index is 1370. The Kier molecular flexibility index (Phi) is 18.0. The Labute approximate surface area is 346 Å². The lowest BCUT2D eigenvalue weighted by Crippen LogP contribution is -2.62. The van der Waals surface area contributed by atoms with E-state index in [0.29, 0.717) is 12.1 Å². The van der Waals surface area contributed by atoms with Crippen LogP contribution in [0.25, 0.3) is 0 Å². The molecule has 338 valence electrons. The van der Waals surface area contributed by atoms with E-state index in [1.165, 1.54) is 21.0 Å². The lowest BCUT2D eigenvalue weighted by atomic mass is 9.73. The summed E-state index contributed by atoms with van der Waals surface area (Å²) in [6.07, 6.45) is -8.19. The third-order valence-electron chi connectivity index (χ3n) is 12.9. The Morgan fingerprint density at radius 3 is 2.05 bits per heavy atom. The zero-order valence-electron chi connectivity index (χ0n) is 37.9. The van der Waals surface area contributed by atoms with Gasteiger partial charge in [-0.15, -0.1) is 0 Å². The molecule has 2 unspecified atom stereocenters. The molecule has 0 aromatic heterocycles. The molecule has 58 heavy (non-hydrogen) atoms. The highest BCUT2D eigenvalue weighted by Crippen LogP contribution is 2.42. The van der Waals surface area contributed by atoms with Gasteiger partial charge in [-0.1, -0.05) is 32.9 Å². The number of rotatable bonds is 11. The lowest BCUT2D eigenvalue weighted by Gasteiger charge is -2.50. The number of carbonyl (C=O) groups is 2. The van der Waals surface area contributed by atoms with E-state index in [0.717, 1.165) is 0 Å². The molecule has 3 aliphatic rings. The van der Waals surface area contributed by atoms with E-state index in [9.17, 15) is 24.9 Å². The van der Waals surface area contributed by atoms with Crippen molar-refractivity contribution in [3.8, 4) is 0 Å². The van der Waals surface area contributed by atoms with Gasteiger partial charge in [0, 0.05) is 45.3 Å². The van der Waals surface area contributed by atoms with Crippen LogP contribution in [-0.4, -0.2) is 157 Å². The minimum Gasteiger partial charge on any atom is -0.459 e. The second-order valence-corrected chi connectivity index (χ2v) is 17.7. The summed E-state index contributed by atoms with van der Waals surface area (Å²) in [4.78, 5) is 34.6. The first-order chi connectivity index (χ1) is 26.9. The number of likely N-dealkylation sites (N-methyl/N-ethyl adjacent to an activating group) is 1. The summed E-state index contributed by atoms with van der Waals surface area (Å²) in [5.41, 5.74) is -3.70. The molecule has 16 heteroatoms. The predicted octanol–water partition coefficient (Wildman–Crippen LogP) is 3.83. The largest absolute Gasteiger partial charge is 0.459 e. The zero-order chi connectivity index (χ0) is 44.1. The molecule has 0 radical (unpaired) electrons. The van der Waals surface area contributed by atoms with Gasteiger partial charge in [-0.3, -0.25) is 9.59 Å². The summed E-state index contributed by atoms with van der Waals surface area (Å²) in [6, 6.07) is -0.263. The van der Waals surface area contributed by atoms with Crippen LogP contribution >= 0.6 is 0 Å². The molecule has 0 bridgehead atoms. The maximum atomic E-state index is 14.4. The second-order valence-electron chi connectivity index (χ2n) is 17.7. The number of aliphatic hydroxyl groups is 3. The highest BCUT2D eigenvalue weighted by atomic mass is 16.7. The van der Waals surface area contributed by atoms with E-state index >= 15 is 0 Å². The zero-order valence-corrected chi connectivity index (χ0v) is 37.9. The number of aliphatic hydroxyl groups excluding tert-OH is 2. The number of oxime groups is 1. The van der Waals surface area contributed by atoms with E-state index in [-0.39, 0.29) is 38.0 Å². The van der Waals surface area contributed by atoms with Crippen molar-refractivity contribution in [2.45, 2.75) is 193 Å². The molecule has 0 aromatic rings. The topological polar surface area (TPSA) is 193 Å². The summed E-state index contributed by atoms with van der Waals surface area (Å²) in [5, 5.41) is 39.3. The van der Waals surface area contributed by atoms with Gasteiger partial charge in [-0.05, 0) is 81.8 Å². The van der Waals surface area contributed by atoms with Gasteiger partial charge in [0.2, 0.25) is 0 Å². The van der Waals surface area contributed by atoms with Crippen LogP contribution in [0.1, 0.15) is 109 Å². The first kappa shape index (κ1) is 50.4. The summed E-state index contributed by atoms with van der Waals surface area (Å²) < 4.78 is 51.0. The molecule has 3 N–H and O–H groups in total. The highest BCUT2D eigenvalue weighted by Gasteiger charge is 2.54. The summed E-state index contributed by atoms with van der Waals surface area (Å²) in [6.45, 7) is 21.2. The summed E-state index contributed by atoms with van der Waals surface area (Å²) >= 11 is 0. The van der Waals surface area contributed by atoms with E-state index in [4.69, 9.17) is 42.7 Å². The molecule has 16 nitrogen and oxygen atoms in total. The fourth-order valence-electron chi connectivity index (χ4n) is 9.21. The molecular weight excluding hydrogens is 756 g/mol. The average molecular weight is 833 g/mol. The lowest BCUT2D eigenvalue weighted by molar-refractivity contribution is -0.320. The van der Waals surface area contributed by atoms with Gasteiger partial charge in [-0.25, -0.2) is 0 Å². The molecule has 3 saturated heterocycles. The van der Waals surface area contributed by atoms with Crippen LogP contribution < -0.4 is 0 Å². The van der Waals surface area contributed by atoms with Crippen molar-refractivity contribution < 1.29 is 67.6 Å². The molecule has 3 fully saturated rings. The molecule has 0 spiro atoms. The number of hydrogen-bond donors (Lipinski definition) is 3. The van der Waals surface area contributed by atoms with E-state index < -0.39 is 108 Å². The van der Waals surface area contributed by atoms with Crippen LogP contribution in [0.15, 0.2) is 5.16 Å². The van der Waals surface area contributed by atoms with Crippen LogP contribution in [0, 0.1) is 23.7 Å². The van der Waals surface area contributed by atoms with Crippen LogP contribution in [0.4, 0.5) is 0 Å². The Morgan fingerprint density at radius 2 is 1.52 bits per heavy atom. The molecule has 3 heterocycles. The van der Waals surface area contributed by atoms with Crippen LogP contribution in [-0.2, 0) is 52.3 Å². The van der Waals surface area contributed by atoms with Gasteiger partial charge in [0.1, 0.15) is 24.4 Å². The van der Waals surface area contributed by atoms with Crippen molar-refractivity contribution in [1.82, 2.24) is 4.90 Å². The Morgan fingerprint density at radius 1 is 0.897 bits per heavy atom. The maximum Gasteiger partial charge on any atom is 0.311 e. The molecule has 0 amide bonds. The fraction of sp³-hybridized carbons (Fsp3) is 0.929. The van der Waals surface area contributed by atoms with Crippen LogP contribution in [0.2, 0.25) is 0 Å². The van der Waals surface area contributed by atoms with Crippen LogP contribution in [0.3, 0.4) is 0 Å². The maximum absolute atomic E-state index is 14.4. The number of hydrogen-bond acceptors (Lipinski definition) is 16. The minimum absolute atomic E-state index is 0.125. The Balaban J connectivity index is 2.33. The first-order valence-electron chi connectivity index (χ1n) is 21.0. The number of cyclic esters (lactones) is 1. The molecule has 0 aromatic carbocycles. The molecule has 3 aliphatic heterocycles. The SMILES string of the molecule is CCO/N=C1\[C@H](C)C[C@@](C)(OC)[C@H](OC2O[C@H](C)C[C@H](N(C)C)[C@H]2OC(C)=O)[C@@H](C)[C@H](OC2C[C@@](C)(OC)[C@@H](O)[C@H](C)O2)[C@@H](C)C(=O)O[C@H](CC)[C@@](C)(O)[C@H](O)[C@H]1C. The number of nitrogens with zero attached hydrogens (tertiary/aromatic N) is 2. The third kappa shape index (κ3) is 11.3. The van der Waals surface area contributed by atoms with Crippen LogP contribution in [0.5, 0.6) is 0 Å². The molecule has 0 aliphatic carbocycles. The number of esters is 2. The molecule has 3 rings (SSSR count). The van der Waals surface area contributed by atoms with Crippen molar-refractivity contribution in [3.05, 3.63) is 0 Å². The van der Waals surface area contributed by atoms with Crippen molar-refractivity contribution in [2.75, 3.05) is 34.9 Å². The van der Waals surface area contributed by atoms with Crippen molar-refractivity contribution >= 4 is 17.7 Å². The number of carbonyl (C=O) groups excluding carboxylic acids is 2. The fourth-order valence-corrected chi connectivity index (χ4v) is 9.21. The van der Waals surface area contributed by atoms with Crippen molar-refractivity contribution in [3.63, 3.8) is 0 Å². The first-order valence-corrected chi connectivity index (χ1v) is 21.0. The molecule has 18 atom stereocenters. The monoisotopic (exact) mass is 833 g/mol. The van der Waals surface area contributed by atoms with Gasteiger partial charge in [-0.2, -0.15) is 0 Å². The van der Waals surface area contributed by atoms with Crippen molar-refractivity contribution in [2.24, 2.45) is 28.8 Å². The summed E-state index contributed by atoms with van der Waals surface area (Å²) in [5.74, 6) is -4.11. The highest BCUT2D eigenvalue weighted by molar-refractivity contribution is 5.88. The Hall–Kier alpha value is -1.99. The summed E-state index contributed by atoms with van der Waals surface area (Å²) in [7, 11) is 6.89. The predicted molar refractivity (Wildman–Crippen MR) is 215 cm³/mol. The number of ether oxygens (including phenoxy) is 8. The van der Waals surface area contributed by atoms with Gasteiger partial charge in [0.05, 0.1) is 59.4 Å². The van der Waals surface area contributed by atoms with Gasteiger partial charge in [0.15, 0.2) is 18.7 Å². The second kappa shape index (κ2) is 20.7. The van der Waals surface area contributed by atoms with Crippen molar-refractivity contribution in [1.29, 1.82) is 0 Å². The van der Waals surface area contributed by atoms with Gasteiger partial charge < -0.3 is 63.0 Å². The molecule has 0 saturated carbocycles. The normalized spacial score (nSPS) is 45.7. The van der Waals surface area contributed by atoms with E-state index in [1.54, 1.807) is 48.7 Å².